The van der Waals surface area contributed by atoms with Crippen LogP contribution in [0, 0.1) is 11.8 Å². The van der Waals surface area contributed by atoms with Gasteiger partial charge in [0.25, 0.3) is 5.91 Å². The number of hydrogen-bond donors (Lipinski definition) is 26. The summed E-state index contributed by atoms with van der Waals surface area (Å²) in [6, 6.07) is -3.53. The highest BCUT2D eigenvalue weighted by Crippen LogP contribution is 2.38. The lowest BCUT2D eigenvalue weighted by molar-refractivity contribution is -0.327. The number of carboxylic acids is 3. The van der Waals surface area contributed by atoms with Crippen LogP contribution in [0.5, 0.6) is 0 Å². The number of rotatable bonds is 34. The summed E-state index contributed by atoms with van der Waals surface area (Å²) in [6.07, 6.45) is -44.0. The Kier molecular flexibility index (Phi) is 45.8. The van der Waals surface area contributed by atoms with Crippen LogP contribution in [0.1, 0.15) is 89.0 Å². The number of carbonyl (C=O) groups is 10. The average Bonchev–Trinajstić information content (AvgIpc) is 0.786. The van der Waals surface area contributed by atoms with Crippen LogP contribution in [0.15, 0.2) is 12.2 Å². The number of esters is 1. The molecule has 738 valence electrons. The minimum atomic E-state index is -1.75. The van der Waals surface area contributed by atoms with Gasteiger partial charge < -0.3 is 189 Å². The number of amides is 6. The molecule has 8 aliphatic heterocycles. The number of hydrogen-bond acceptors (Lipinski definition) is 44. The molecular weight excluding hydrogens is 1730 g/mol. The molecule has 0 radical (unpaired) electrons. The van der Waals surface area contributed by atoms with Gasteiger partial charge in [-0.05, 0) is 52.9 Å². The number of methoxy groups -OCH3 is 3. The fourth-order valence-electron chi connectivity index (χ4n) is 15.2. The Hall–Kier alpha value is -6.88. The third-order valence-corrected chi connectivity index (χ3v) is 22.1. The SMILES string of the molecule is C=C(C)C(=O)OCCNC(=O)C1O[C@@H](O[C@@H]2C(NC(C)=O)[C@H](C)OC(CO)[C@H]2O)C(O)[C@@H](OC)[C@@H]1O.CC(=O)NC1[C@H](C)OC(CONNC(=O)CCCNN)[C@@H](O)[C@@H]1O[C@@H]1OC(C(=O)O)[C@@H](C)[C@H](C)C1O.CO[C@@H]1C(C(=O)O)O[C@@H](O[C@@H]2C(NC(C)=O)[C@H](C)OC(CO)[C@H]2O)C(O)[C@H]1O.CO[C@@H]1C(O)[C@H](O[C@@H]2C(NC(C)=O)[C@H](C)OC(CO)[C@H]2O)OC(C(=O)O)[C@H]1O. The van der Waals surface area contributed by atoms with E-state index in [0.29, 0.717) is 13.0 Å². The van der Waals surface area contributed by atoms with E-state index in [9.17, 15) is 135 Å². The summed E-state index contributed by atoms with van der Waals surface area (Å²) < 4.78 is 86.8. The third kappa shape index (κ3) is 29.8. The zero-order valence-corrected chi connectivity index (χ0v) is 72.9. The smallest absolute Gasteiger partial charge is 0.335 e. The highest BCUT2D eigenvalue weighted by molar-refractivity contribution is 5.87. The van der Waals surface area contributed by atoms with Gasteiger partial charge in [-0.15, -0.1) is 5.59 Å². The zero-order chi connectivity index (χ0) is 96.5. The molecule has 0 saturated carbocycles. The van der Waals surface area contributed by atoms with E-state index >= 15 is 0 Å². The highest BCUT2D eigenvalue weighted by Gasteiger charge is 2.58. The summed E-state index contributed by atoms with van der Waals surface area (Å²) >= 11 is 0. The van der Waals surface area contributed by atoms with Crippen molar-refractivity contribution in [3.05, 3.63) is 12.2 Å². The van der Waals surface area contributed by atoms with Crippen molar-refractivity contribution < 1.29 is 215 Å². The molecule has 0 aromatic carbocycles. The van der Waals surface area contributed by atoms with Gasteiger partial charge in [-0.3, -0.25) is 50.3 Å². The van der Waals surface area contributed by atoms with Crippen molar-refractivity contribution in [2.75, 3.05) is 67.5 Å². The van der Waals surface area contributed by atoms with Crippen LogP contribution in [0.2, 0.25) is 0 Å². The zero-order valence-electron chi connectivity index (χ0n) is 72.9. The summed E-state index contributed by atoms with van der Waals surface area (Å²) in [5.41, 5.74) is 7.25. The Morgan fingerprint density at radius 1 is 0.391 bits per heavy atom. The topological polar surface area (TPSA) is 794 Å². The molecule has 8 fully saturated rings. The number of nitrogens with one attached hydrogen (secondary N) is 8. The Labute approximate surface area is 734 Å². The quantitative estimate of drug-likeness (QED) is 0.00935. The number of aliphatic carboxylic acids is 3. The van der Waals surface area contributed by atoms with Crippen LogP contribution in [-0.2, 0) is 129 Å². The molecule has 6 amide bonds. The van der Waals surface area contributed by atoms with Crippen molar-refractivity contribution in [1.29, 1.82) is 0 Å². The average molecular weight is 1860 g/mol. The summed E-state index contributed by atoms with van der Waals surface area (Å²) in [5.74, 6) is -3.48. The molecule has 27 N–H and O–H groups in total. The van der Waals surface area contributed by atoms with Gasteiger partial charge in [0.2, 0.25) is 29.5 Å². The Balaban J connectivity index is 0.000000305. The molecule has 0 spiro atoms. The van der Waals surface area contributed by atoms with Crippen LogP contribution in [0.4, 0.5) is 0 Å². The molecule has 8 rings (SSSR count). The molecule has 53 nitrogen and oxygen atoms in total. The molecule has 0 aliphatic carbocycles. The van der Waals surface area contributed by atoms with Gasteiger partial charge in [-0.2, -0.15) is 0 Å². The highest BCUT2D eigenvalue weighted by atomic mass is 16.8. The molecule has 0 aromatic heterocycles. The molecule has 8 saturated heterocycles. The Morgan fingerprint density at radius 2 is 0.734 bits per heavy atom. The Morgan fingerprint density at radius 3 is 1.09 bits per heavy atom. The predicted octanol–water partition coefficient (Wildman–Crippen LogP) is -12.9. The standard InChI is InChI=1S/C22H36N2O12.C21H39N5O10.2C16H27NO11/c1-9(2)21(31)33-7-6-23-20(30)19-15(28)18(32-5)16(29)22(36-19)35-17-13(24-11(4)26)10(3)34-12(8-25)14(17)27;1-9-10(2)18(20(31)32)35-21(16(9)29)36-19-15(24-12(4)27)11(3)34-13(17(19)30)8-33-26-25-14(28)6-5-7-23-22;1-5-8(17-6(2)19)12(9(20)7(4-18)26-5)27-16-11(22)13(25-3)10(21)14(28-16)15(23)24;1-5-8(17-6(2)19)12(9(20)7(4-18)26-5)27-16-11(22)10(21)13(25-3)14(28-16)15(23)24/h10,12-19,22,25,27-29H,1,6-8H2,2-5H3,(H,23,30)(H,24,26);9-11,13,15-19,21,23,26,29-30H,5-8,22H2,1-4H3,(H,24,27)(H,25,28)(H,31,32);2*5,7-14,16,18,20-22H,4H2,1-3H3,(H,17,19)(H,23,24)/t10-,12?,13?,14+,15-,16?,17+,18-,19?,22+;9-,10-,11-,13?,15?,16?,17+,18?,19+,21-;5-,7?,8?,9+,10-,11?,12+,13-,14?,16+;5-,7?,8?,9+,10+,11?,12+,13-,14?,16+/m0000/s1. The summed E-state index contributed by atoms with van der Waals surface area (Å²) in [7, 11) is 3.54. The molecule has 16 unspecified atom stereocenters. The summed E-state index contributed by atoms with van der Waals surface area (Å²) in [5, 5.41) is 185. The lowest BCUT2D eigenvalue weighted by atomic mass is 9.83. The maximum Gasteiger partial charge on any atom is 0.335 e. The van der Waals surface area contributed by atoms with E-state index in [4.69, 9.17) is 86.5 Å². The first-order chi connectivity index (χ1) is 60.1. The molecule has 53 heteroatoms. The van der Waals surface area contributed by atoms with E-state index in [0.717, 1.165) is 7.11 Å². The number of aliphatic hydroxyl groups is 14. The number of carbonyl (C=O) groups excluding carboxylic acids is 7. The predicted molar refractivity (Wildman–Crippen MR) is 420 cm³/mol. The maximum atomic E-state index is 12.7. The van der Waals surface area contributed by atoms with Crippen molar-refractivity contribution in [1.82, 2.24) is 43.0 Å². The number of nitrogens with two attached hydrogens (primary N) is 1. The molecular formula is C75H129N9O44. The molecule has 0 aromatic rings. The number of hydrazine groups is 2. The maximum absolute atomic E-state index is 12.7. The van der Waals surface area contributed by atoms with Gasteiger partial charge in [0.1, 0.15) is 141 Å². The largest absolute Gasteiger partial charge is 0.479 e. The molecule has 40 atom stereocenters. The second-order valence-corrected chi connectivity index (χ2v) is 31.5. The van der Waals surface area contributed by atoms with E-state index in [1.807, 2.05) is 0 Å². The van der Waals surface area contributed by atoms with Crippen LogP contribution in [0.3, 0.4) is 0 Å². The fourth-order valence-corrected chi connectivity index (χ4v) is 15.2. The van der Waals surface area contributed by atoms with Crippen molar-refractivity contribution in [2.45, 2.75) is 321 Å². The van der Waals surface area contributed by atoms with Crippen LogP contribution in [0.25, 0.3) is 0 Å². The van der Waals surface area contributed by atoms with Crippen LogP contribution < -0.4 is 48.9 Å². The first-order valence-corrected chi connectivity index (χ1v) is 40.9. The minimum absolute atomic E-state index is 0.102. The Bertz CT molecular complexity index is 3540. The summed E-state index contributed by atoms with van der Waals surface area (Å²) in [4.78, 5) is 122. The van der Waals surface area contributed by atoms with Crippen molar-refractivity contribution >= 4 is 59.3 Å². The normalized spacial score (nSPS) is 39.9. The summed E-state index contributed by atoms with van der Waals surface area (Å²) in [6.45, 7) is 18.1. The van der Waals surface area contributed by atoms with Crippen LogP contribution in [-0.4, -0.2) is 446 Å². The second kappa shape index (κ2) is 52.5. The second-order valence-electron chi connectivity index (χ2n) is 31.5. The van der Waals surface area contributed by atoms with Crippen molar-refractivity contribution in [3.8, 4) is 0 Å². The minimum Gasteiger partial charge on any atom is -0.479 e. The molecule has 128 heavy (non-hydrogen) atoms. The first-order valence-electron chi connectivity index (χ1n) is 40.9. The van der Waals surface area contributed by atoms with E-state index in [1.165, 1.54) is 48.8 Å². The van der Waals surface area contributed by atoms with Gasteiger partial charge >= 0.3 is 23.9 Å². The van der Waals surface area contributed by atoms with Crippen LogP contribution >= 0.6 is 0 Å². The lowest BCUT2D eigenvalue weighted by Crippen LogP contribution is -2.68. The van der Waals surface area contributed by atoms with Gasteiger partial charge in [-0.25, -0.2) is 19.2 Å². The van der Waals surface area contributed by atoms with Gasteiger partial charge in [0.15, 0.2) is 49.6 Å². The third-order valence-electron chi connectivity index (χ3n) is 22.1. The molecule has 8 heterocycles. The van der Waals surface area contributed by atoms with Gasteiger partial charge in [-0.1, -0.05) is 20.4 Å². The monoisotopic (exact) mass is 1860 g/mol. The first kappa shape index (κ1) is 112. The molecule has 8 aliphatic rings. The lowest BCUT2D eigenvalue weighted by Gasteiger charge is -2.47. The number of aliphatic hydroxyl groups excluding tert-OH is 14. The van der Waals surface area contributed by atoms with Crippen molar-refractivity contribution in [3.63, 3.8) is 0 Å². The van der Waals surface area contributed by atoms with E-state index in [-0.39, 0.29) is 37.7 Å². The molecule has 0 bridgehead atoms. The van der Waals surface area contributed by atoms with E-state index in [2.05, 4.69) is 49.6 Å². The van der Waals surface area contributed by atoms with Gasteiger partial charge in [0.05, 0.1) is 81.6 Å². The number of carboxylic acid groups (broad SMARTS) is 3. The fraction of sp³-hybridized carbons (Fsp3) is 0.840. The number of ether oxygens (including phenoxy) is 16. The van der Waals surface area contributed by atoms with Crippen molar-refractivity contribution in [2.24, 2.45) is 17.7 Å². The van der Waals surface area contributed by atoms with E-state index in [1.54, 1.807) is 41.5 Å². The van der Waals surface area contributed by atoms with Gasteiger partial charge in [0, 0.05) is 67.6 Å². The van der Waals surface area contributed by atoms with E-state index < -0.39 is 318 Å².